The molecule has 0 saturated heterocycles. The van der Waals surface area contributed by atoms with Gasteiger partial charge in [-0.2, -0.15) is 0 Å². The SMILES string of the molecule is COc1cc(C(=O)C(Cl)c2ccccc2)ccc1Br. The molecule has 0 aliphatic rings. The van der Waals surface area contributed by atoms with E-state index in [0.717, 1.165) is 10.0 Å². The summed E-state index contributed by atoms with van der Waals surface area (Å²) in [7, 11) is 1.56. The molecule has 0 saturated carbocycles. The summed E-state index contributed by atoms with van der Waals surface area (Å²) in [6.07, 6.45) is 0. The number of ether oxygens (including phenoxy) is 1. The number of ketones is 1. The second kappa shape index (κ2) is 6.22. The van der Waals surface area contributed by atoms with E-state index in [-0.39, 0.29) is 5.78 Å². The Balaban J connectivity index is 2.29. The van der Waals surface area contributed by atoms with Crippen LogP contribution in [0.3, 0.4) is 0 Å². The van der Waals surface area contributed by atoms with Crippen LogP contribution in [-0.4, -0.2) is 12.9 Å². The molecular formula is C15H12BrClO2. The summed E-state index contributed by atoms with van der Waals surface area (Å²) in [5.41, 5.74) is 1.32. The number of benzene rings is 2. The Hall–Kier alpha value is -1.32. The molecule has 0 heterocycles. The number of halogens is 2. The smallest absolute Gasteiger partial charge is 0.185 e. The molecule has 0 bridgehead atoms. The molecule has 1 unspecified atom stereocenters. The lowest BCUT2D eigenvalue weighted by Crippen LogP contribution is -2.07. The molecule has 2 aromatic rings. The zero-order chi connectivity index (χ0) is 13.8. The van der Waals surface area contributed by atoms with Crippen molar-refractivity contribution in [2.24, 2.45) is 0 Å². The molecule has 2 rings (SSSR count). The van der Waals surface area contributed by atoms with Gasteiger partial charge in [0.15, 0.2) is 5.78 Å². The molecule has 0 aromatic heterocycles. The lowest BCUT2D eigenvalue weighted by molar-refractivity contribution is 0.0986. The Labute approximate surface area is 125 Å². The van der Waals surface area contributed by atoms with Crippen molar-refractivity contribution in [2.75, 3.05) is 7.11 Å². The van der Waals surface area contributed by atoms with Crippen molar-refractivity contribution in [3.8, 4) is 5.75 Å². The van der Waals surface area contributed by atoms with Gasteiger partial charge < -0.3 is 4.74 Å². The van der Waals surface area contributed by atoms with Crippen LogP contribution >= 0.6 is 27.5 Å². The molecule has 1 atom stereocenters. The van der Waals surface area contributed by atoms with Gasteiger partial charge in [-0.1, -0.05) is 30.3 Å². The maximum absolute atomic E-state index is 12.3. The average Bonchev–Trinajstić information content (AvgIpc) is 2.47. The first-order valence-corrected chi connectivity index (χ1v) is 6.93. The summed E-state index contributed by atoms with van der Waals surface area (Å²) in [6, 6.07) is 14.5. The molecule has 0 aliphatic heterocycles. The van der Waals surface area contributed by atoms with Crippen LogP contribution in [0, 0.1) is 0 Å². The average molecular weight is 340 g/mol. The fraction of sp³-hybridized carbons (Fsp3) is 0.133. The number of alkyl halides is 1. The Morgan fingerprint density at radius 2 is 1.89 bits per heavy atom. The number of rotatable bonds is 4. The van der Waals surface area contributed by atoms with Crippen molar-refractivity contribution >= 4 is 33.3 Å². The molecule has 19 heavy (non-hydrogen) atoms. The van der Waals surface area contributed by atoms with Gasteiger partial charge in [-0.05, 0) is 39.7 Å². The second-order valence-electron chi connectivity index (χ2n) is 3.99. The first-order chi connectivity index (χ1) is 9.13. The predicted molar refractivity (Wildman–Crippen MR) is 80.1 cm³/mol. The first kappa shape index (κ1) is 14.1. The van der Waals surface area contributed by atoms with Crippen molar-refractivity contribution < 1.29 is 9.53 Å². The van der Waals surface area contributed by atoms with E-state index in [0.29, 0.717) is 11.3 Å². The molecule has 0 amide bonds. The Morgan fingerprint density at radius 3 is 2.53 bits per heavy atom. The van der Waals surface area contributed by atoms with Gasteiger partial charge >= 0.3 is 0 Å². The minimum atomic E-state index is -0.688. The van der Waals surface area contributed by atoms with Gasteiger partial charge in [-0.15, -0.1) is 11.6 Å². The molecule has 0 radical (unpaired) electrons. The third-order valence-electron chi connectivity index (χ3n) is 2.76. The topological polar surface area (TPSA) is 26.3 Å². The Morgan fingerprint density at radius 1 is 1.21 bits per heavy atom. The Bertz CT molecular complexity index is 584. The number of Topliss-reactive ketones (excluding diaryl/α,β-unsaturated/α-hetero) is 1. The molecule has 4 heteroatoms. The molecule has 0 fully saturated rings. The summed E-state index contributed by atoms with van der Waals surface area (Å²) in [6.45, 7) is 0. The van der Waals surface area contributed by atoms with E-state index in [1.807, 2.05) is 30.3 Å². The Kier molecular flexibility index (Phi) is 4.61. The van der Waals surface area contributed by atoms with Crippen LogP contribution in [-0.2, 0) is 0 Å². The summed E-state index contributed by atoms with van der Waals surface area (Å²) in [5, 5.41) is -0.688. The maximum atomic E-state index is 12.3. The minimum absolute atomic E-state index is 0.140. The van der Waals surface area contributed by atoms with Gasteiger partial charge in [0.1, 0.15) is 11.1 Å². The monoisotopic (exact) mass is 338 g/mol. The van der Waals surface area contributed by atoms with Gasteiger partial charge in [0.05, 0.1) is 11.6 Å². The molecule has 0 aliphatic carbocycles. The molecule has 2 aromatic carbocycles. The highest BCUT2D eigenvalue weighted by molar-refractivity contribution is 9.10. The van der Waals surface area contributed by atoms with Crippen LogP contribution in [0.2, 0.25) is 0 Å². The fourth-order valence-corrected chi connectivity index (χ4v) is 2.41. The van der Waals surface area contributed by atoms with Crippen molar-refractivity contribution in [3.63, 3.8) is 0 Å². The zero-order valence-corrected chi connectivity index (χ0v) is 12.6. The van der Waals surface area contributed by atoms with Crippen LogP contribution in [0.25, 0.3) is 0 Å². The lowest BCUT2D eigenvalue weighted by atomic mass is 10.0. The number of hydrogen-bond acceptors (Lipinski definition) is 2. The number of carbonyl (C=O) groups is 1. The summed E-state index contributed by atoms with van der Waals surface area (Å²) in [4.78, 5) is 12.3. The first-order valence-electron chi connectivity index (χ1n) is 5.70. The highest BCUT2D eigenvalue weighted by atomic mass is 79.9. The van der Waals surface area contributed by atoms with Crippen LogP contribution in [0.1, 0.15) is 21.3 Å². The highest BCUT2D eigenvalue weighted by Gasteiger charge is 2.20. The van der Waals surface area contributed by atoms with Gasteiger partial charge in [0, 0.05) is 5.56 Å². The highest BCUT2D eigenvalue weighted by Crippen LogP contribution is 2.30. The normalized spacial score (nSPS) is 11.9. The minimum Gasteiger partial charge on any atom is -0.496 e. The van der Waals surface area contributed by atoms with Crippen molar-refractivity contribution in [3.05, 3.63) is 64.1 Å². The number of methoxy groups -OCH3 is 1. The summed E-state index contributed by atoms with van der Waals surface area (Å²) in [5.74, 6) is 0.474. The van der Waals surface area contributed by atoms with Gasteiger partial charge in [-0.25, -0.2) is 0 Å². The van der Waals surface area contributed by atoms with Gasteiger partial charge in [0.25, 0.3) is 0 Å². The van der Waals surface area contributed by atoms with Crippen LogP contribution in [0.5, 0.6) is 5.75 Å². The fourth-order valence-electron chi connectivity index (χ4n) is 1.73. The van der Waals surface area contributed by atoms with E-state index in [1.165, 1.54) is 0 Å². The molecule has 2 nitrogen and oxygen atoms in total. The molecular weight excluding hydrogens is 328 g/mol. The van der Waals surface area contributed by atoms with E-state index in [1.54, 1.807) is 25.3 Å². The summed E-state index contributed by atoms with van der Waals surface area (Å²) >= 11 is 9.58. The van der Waals surface area contributed by atoms with E-state index in [4.69, 9.17) is 16.3 Å². The maximum Gasteiger partial charge on any atom is 0.185 e. The quantitative estimate of drug-likeness (QED) is 0.600. The van der Waals surface area contributed by atoms with Crippen molar-refractivity contribution in [1.82, 2.24) is 0 Å². The van der Waals surface area contributed by atoms with E-state index < -0.39 is 5.38 Å². The van der Waals surface area contributed by atoms with Crippen LogP contribution in [0.15, 0.2) is 53.0 Å². The lowest BCUT2D eigenvalue weighted by Gasteiger charge is -2.10. The molecule has 0 N–H and O–H groups in total. The number of hydrogen-bond donors (Lipinski definition) is 0. The second-order valence-corrected chi connectivity index (χ2v) is 5.28. The largest absolute Gasteiger partial charge is 0.496 e. The molecule has 0 spiro atoms. The summed E-state index contributed by atoms with van der Waals surface area (Å²) < 4.78 is 5.98. The van der Waals surface area contributed by atoms with Crippen LogP contribution in [0.4, 0.5) is 0 Å². The van der Waals surface area contributed by atoms with Gasteiger partial charge in [-0.3, -0.25) is 4.79 Å². The predicted octanol–water partition coefficient (Wildman–Crippen LogP) is 4.62. The van der Waals surface area contributed by atoms with Crippen molar-refractivity contribution in [1.29, 1.82) is 0 Å². The third-order valence-corrected chi connectivity index (χ3v) is 3.86. The van der Waals surface area contributed by atoms with E-state index >= 15 is 0 Å². The molecule has 98 valence electrons. The standard InChI is InChI=1S/C15H12BrClO2/c1-19-13-9-11(7-8-12(13)16)15(18)14(17)10-5-3-2-4-6-10/h2-9,14H,1H3. The van der Waals surface area contributed by atoms with Gasteiger partial charge in [0.2, 0.25) is 0 Å². The number of carbonyl (C=O) groups excluding carboxylic acids is 1. The zero-order valence-electron chi connectivity index (χ0n) is 10.3. The van der Waals surface area contributed by atoms with Crippen LogP contribution < -0.4 is 4.74 Å². The van der Waals surface area contributed by atoms with E-state index in [2.05, 4.69) is 15.9 Å². The van der Waals surface area contributed by atoms with Crippen molar-refractivity contribution in [2.45, 2.75) is 5.38 Å². The third kappa shape index (κ3) is 3.17. The van der Waals surface area contributed by atoms with E-state index in [9.17, 15) is 4.79 Å².